The predicted molar refractivity (Wildman–Crippen MR) is 67.2 cm³/mol. The van der Waals surface area contributed by atoms with Crippen LogP contribution in [0.15, 0.2) is 36.5 Å². The molecule has 2 rings (SSSR count). The molecule has 0 aliphatic rings. The summed E-state index contributed by atoms with van der Waals surface area (Å²) in [5.74, 6) is 1.16. The Morgan fingerprint density at radius 1 is 1.25 bits per heavy atom. The number of aromatic nitrogens is 2. The summed E-state index contributed by atoms with van der Waals surface area (Å²) in [7, 11) is 2.09. The maximum Gasteiger partial charge on any atom is 0.135 e. The molecular formula is C13H17N3. The fourth-order valence-electron chi connectivity index (χ4n) is 1.79. The van der Waals surface area contributed by atoms with Crippen LogP contribution in [0.4, 0.5) is 5.82 Å². The van der Waals surface area contributed by atoms with E-state index < -0.39 is 0 Å². The zero-order valence-corrected chi connectivity index (χ0v) is 10.0. The first-order valence-electron chi connectivity index (χ1n) is 5.55. The van der Waals surface area contributed by atoms with Crippen LogP contribution in [0.3, 0.4) is 0 Å². The largest absolute Gasteiger partial charge is 0.360 e. The van der Waals surface area contributed by atoms with E-state index in [0.717, 1.165) is 18.1 Å². The van der Waals surface area contributed by atoms with Crippen molar-refractivity contribution in [1.82, 2.24) is 9.78 Å². The average Bonchev–Trinajstić information content (AvgIpc) is 2.71. The second-order valence-corrected chi connectivity index (χ2v) is 3.91. The molecule has 2 aromatic rings. The lowest BCUT2D eigenvalue weighted by molar-refractivity contribution is 0.825. The minimum atomic E-state index is 0.972. The summed E-state index contributed by atoms with van der Waals surface area (Å²) in [4.78, 5) is 2.20. The molecule has 0 bridgehead atoms. The molecule has 0 aliphatic carbocycles. The quantitative estimate of drug-likeness (QED) is 0.784. The number of hydrogen-bond acceptors (Lipinski definition) is 2. The van der Waals surface area contributed by atoms with Gasteiger partial charge in [-0.2, -0.15) is 5.10 Å². The molecule has 1 aromatic heterocycles. The number of nitrogens with zero attached hydrogens (tertiary/aromatic N) is 3. The van der Waals surface area contributed by atoms with Crippen molar-refractivity contribution in [3.63, 3.8) is 0 Å². The van der Waals surface area contributed by atoms with Gasteiger partial charge in [-0.25, -0.2) is 4.68 Å². The maximum atomic E-state index is 4.43. The predicted octanol–water partition coefficient (Wildman–Crippen LogP) is 2.64. The molecule has 0 unspecified atom stereocenters. The highest BCUT2D eigenvalue weighted by Gasteiger charge is 2.11. The van der Waals surface area contributed by atoms with Gasteiger partial charge in [0.15, 0.2) is 0 Å². The number of hydrogen-bond donors (Lipinski definition) is 0. The van der Waals surface area contributed by atoms with E-state index in [0.29, 0.717) is 0 Å². The van der Waals surface area contributed by atoms with Crippen LogP contribution in [0.25, 0.3) is 5.69 Å². The molecule has 0 saturated carbocycles. The number of para-hydroxylation sites is 1. The summed E-state index contributed by atoms with van der Waals surface area (Å²) in [6.07, 6.45) is 1.91. The molecule has 0 aliphatic heterocycles. The average molecular weight is 215 g/mol. The third-order valence-corrected chi connectivity index (χ3v) is 2.76. The van der Waals surface area contributed by atoms with E-state index in [1.807, 2.05) is 29.1 Å². The third-order valence-electron chi connectivity index (χ3n) is 2.76. The summed E-state index contributed by atoms with van der Waals surface area (Å²) >= 11 is 0. The first-order chi connectivity index (χ1) is 7.74. The SMILES string of the molecule is CCN(C)c1c(C)cnn1-c1ccccc1. The summed E-state index contributed by atoms with van der Waals surface area (Å²) in [6, 6.07) is 10.2. The van der Waals surface area contributed by atoms with Gasteiger partial charge in [0.1, 0.15) is 5.82 Å². The van der Waals surface area contributed by atoms with E-state index in [2.05, 4.69) is 43.0 Å². The molecule has 0 N–H and O–H groups in total. The van der Waals surface area contributed by atoms with Crippen LogP contribution in [-0.2, 0) is 0 Å². The van der Waals surface area contributed by atoms with Crippen molar-refractivity contribution in [2.24, 2.45) is 0 Å². The molecule has 0 atom stereocenters. The van der Waals surface area contributed by atoms with Crippen molar-refractivity contribution < 1.29 is 0 Å². The van der Waals surface area contributed by atoms with Gasteiger partial charge < -0.3 is 4.90 Å². The summed E-state index contributed by atoms with van der Waals surface area (Å²) < 4.78 is 1.98. The van der Waals surface area contributed by atoms with Gasteiger partial charge in [-0.15, -0.1) is 0 Å². The van der Waals surface area contributed by atoms with Crippen molar-refractivity contribution in [1.29, 1.82) is 0 Å². The van der Waals surface area contributed by atoms with E-state index in [1.54, 1.807) is 0 Å². The number of aryl methyl sites for hydroxylation is 1. The van der Waals surface area contributed by atoms with Crippen LogP contribution in [0.2, 0.25) is 0 Å². The van der Waals surface area contributed by atoms with E-state index in [4.69, 9.17) is 0 Å². The Kier molecular flexibility index (Phi) is 2.95. The van der Waals surface area contributed by atoms with E-state index in [1.165, 1.54) is 5.56 Å². The topological polar surface area (TPSA) is 21.1 Å². The van der Waals surface area contributed by atoms with Crippen molar-refractivity contribution >= 4 is 5.82 Å². The molecule has 0 fully saturated rings. The maximum absolute atomic E-state index is 4.43. The van der Waals surface area contributed by atoms with Gasteiger partial charge in [-0.3, -0.25) is 0 Å². The van der Waals surface area contributed by atoms with Gasteiger partial charge in [0.05, 0.1) is 11.9 Å². The first kappa shape index (κ1) is 10.7. The minimum Gasteiger partial charge on any atom is -0.360 e. The molecular weight excluding hydrogens is 198 g/mol. The van der Waals surface area contributed by atoms with Crippen molar-refractivity contribution in [2.75, 3.05) is 18.5 Å². The fourth-order valence-corrected chi connectivity index (χ4v) is 1.79. The highest BCUT2D eigenvalue weighted by molar-refractivity contribution is 5.51. The Labute approximate surface area is 96.3 Å². The molecule has 0 amide bonds. The van der Waals surface area contributed by atoms with E-state index in [9.17, 15) is 0 Å². The number of anilines is 1. The van der Waals surface area contributed by atoms with Gasteiger partial charge >= 0.3 is 0 Å². The smallest absolute Gasteiger partial charge is 0.135 e. The van der Waals surface area contributed by atoms with Crippen LogP contribution in [0, 0.1) is 6.92 Å². The van der Waals surface area contributed by atoms with E-state index >= 15 is 0 Å². The second kappa shape index (κ2) is 4.39. The molecule has 1 aromatic carbocycles. The van der Waals surface area contributed by atoms with E-state index in [-0.39, 0.29) is 0 Å². The number of benzene rings is 1. The normalized spacial score (nSPS) is 10.4. The Bertz CT molecular complexity index is 459. The van der Waals surface area contributed by atoms with Gasteiger partial charge in [0.2, 0.25) is 0 Å². The monoisotopic (exact) mass is 215 g/mol. The molecule has 0 radical (unpaired) electrons. The van der Waals surface area contributed by atoms with Gasteiger partial charge in [-0.1, -0.05) is 18.2 Å². The lowest BCUT2D eigenvalue weighted by atomic mass is 10.3. The van der Waals surface area contributed by atoms with Crippen LogP contribution >= 0.6 is 0 Å². The molecule has 3 heteroatoms. The van der Waals surface area contributed by atoms with Crippen LogP contribution in [-0.4, -0.2) is 23.4 Å². The lowest BCUT2D eigenvalue weighted by Crippen LogP contribution is -2.20. The van der Waals surface area contributed by atoms with Crippen LogP contribution in [0.1, 0.15) is 12.5 Å². The van der Waals surface area contributed by atoms with Crippen molar-refractivity contribution in [3.05, 3.63) is 42.1 Å². The zero-order valence-electron chi connectivity index (χ0n) is 10.0. The Morgan fingerprint density at radius 2 is 1.94 bits per heavy atom. The summed E-state index contributed by atoms with van der Waals surface area (Å²) in [5.41, 5.74) is 2.30. The van der Waals surface area contributed by atoms with Crippen molar-refractivity contribution in [2.45, 2.75) is 13.8 Å². The van der Waals surface area contributed by atoms with Crippen LogP contribution < -0.4 is 4.90 Å². The van der Waals surface area contributed by atoms with Crippen molar-refractivity contribution in [3.8, 4) is 5.69 Å². The highest BCUT2D eigenvalue weighted by Crippen LogP contribution is 2.22. The molecule has 84 valence electrons. The van der Waals surface area contributed by atoms with Gasteiger partial charge in [0, 0.05) is 19.2 Å². The van der Waals surface area contributed by atoms with Crippen LogP contribution in [0.5, 0.6) is 0 Å². The lowest BCUT2D eigenvalue weighted by Gasteiger charge is -2.19. The Morgan fingerprint density at radius 3 is 2.56 bits per heavy atom. The molecule has 0 saturated heterocycles. The van der Waals surface area contributed by atoms with Gasteiger partial charge in [0.25, 0.3) is 0 Å². The molecule has 3 nitrogen and oxygen atoms in total. The fraction of sp³-hybridized carbons (Fsp3) is 0.308. The second-order valence-electron chi connectivity index (χ2n) is 3.91. The van der Waals surface area contributed by atoms with Gasteiger partial charge in [-0.05, 0) is 26.0 Å². The molecule has 0 spiro atoms. The highest BCUT2D eigenvalue weighted by atomic mass is 15.4. The Balaban J connectivity index is 2.50. The first-order valence-corrected chi connectivity index (χ1v) is 5.55. The molecule has 16 heavy (non-hydrogen) atoms. The standard InChI is InChI=1S/C13H17N3/c1-4-15(3)13-11(2)10-14-16(13)12-8-6-5-7-9-12/h5-10H,4H2,1-3H3. The minimum absolute atomic E-state index is 0.972. The third kappa shape index (κ3) is 1.81. The number of rotatable bonds is 3. The zero-order chi connectivity index (χ0) is 11.5. The summed E-state index contributed by atoms with van der Waals surface area (Å²) in [6.45, 7) is 5.20. The summed E-state index contributed by atoms with van der Waals surface area (Å²) in [5, 5.41) is 4.43. The Hall–Kier alpha value is -1.77. The molecule has 1 heterocycles.